The van der Waals surface area contributed by atoms with Gasteiger partial charge in [0, 0.05) is 34.9 Å². The molecule has 0 aliphatic rings. The standard InChI is InChI=1S/C26H24N4O/c1-17-16-18(2)28-26(27-17)29-24(22-14-9-15-31-22)23-20-12-7-8-13-21(20)30(3)25(23)19-10-5-4-6-11-19/h4-16,24H,1-3H3,(H,27,28,29)/t24-/m1/s1. The highest BCUT2D eigenvalue weighted by molar-refractivity contribution is 5.93. The first kappa shape index (κ1) is 19.1. The lowest BCUT2D eigenvalue weighted by atomic mass is 9.97. The van der Waals surface area contributed by atoms with Crippen molar-refractivity contribution in [2.24, 2.45) is 7.05 Å². The van der Waals surface area contributed by atoms with Gasteiger partial charge in [-0.1, -0.05) is 48.5 Å². The highest BCUT2D eigenvalue weighted by atomic mass is 16.3. The summed E-state index contributed by atoms with van der Waals surface area (Å²) in [6.07, 6.45) is 1.71. The Hall–Kier alpha value is -3.86. The number of furan rings is 1. The number of nitrogens with one attached hydrogen (secondary N) is 1. The topological polar surface area (TPSA) is 55.9 Å². The Labute approximate surface area is 181 Å². The van der Waals surface area contributed by atoms with Gasteiger partial charge in [0.05, 0.1) is 12.0 Å². The Morgan fingerprint density at radius 1 is 0.871 bits per heavy atom. The SMILES string of the molecule is Cc1cc(C)nc(N[C@H](c2ccco2)c2c(-c3ccccc3)n(C)c3ccccc23)n1. The molecule has 0 saturated carbocycles. The molecule has 0 fully saturated rings. The zero-order valence-electron chi connectivity index (χ0n) is 17.8. The predicted molar refractivity (Wildman–Crippen MR) is 124 cm³/mol. The number of hydrogen-bond donors (Lipinski definition) is 1. The molecule has 1 atom stereocenters. The van der Waals surface area contributed by atoms with Crippen LogP contribution in [0.25, 0.3) is 22.2 Å². The summed E-state index contributed by atoms with van der Waals surface area (Å²) in [6, 6.07) is 24.6. The largest absolute Gasteiger partial charge is 0.467 e. The van der Waals surface area contributed by atoms with E-state index in [9.17, 15) is 0 Å². The predicted octanol–water partition coefficient (Wildman–Crippen LogP) is 6.05. The molecule has 31 heavy (non-hydrogen) atoms. The summed E-state index contributed by atoms with van der Waals surface area (Å²) in [5.41, 5.74) is 6.44. The Morgan fingerprint density at radius 3 is 2.29 bits per heavy atom. The van der Waals surface area contributed by atoms with Gasteiger partial charge in [-0.3, -0.25) is 0 Å². The number of hydrogen-bond acceptors (Lipinski definition) is 4. The van der Waals surface area contributed by atoms with Crippen molar-refractivity contribution in [1.82, 2.24) is 14.5 Å². The van der Waals surface area contributed by atoms with E-state index in [1.807, 2.05) is 38.1 Å². The van der Waals surface area contributed by atoms with Gasteiger partial charge in [-0.05, 0) is 43.7 Å². The van der Waals surface area contributed by atoms with Crippen molar-refractivity contribution in [3.63, 3.8) is 0 Å². The zero-order valence-corrected chi connectivity index (χ0v) is 17.8. The van der Waals surface area contributed by atoms with Crippen molar-refractivity contribution in [2.75, 3.05) is 5.32 Å². The smallest absolute Gasteiger partial charge is 0.223 e. The molecule has 5 rings (SSSR count). The normalized spacial score (nSPS) is 12.2. The van der Waals surface area contributed by atoms with Crippen LogP contribution in [0, 0.1) is 13.8 Å². The van der Waals surface area contributed by atoms with Crippen molar-refractivity contribution in [3.8, 4) is 11.3 Å². The fourth-order valence-electron chi connectivity index (χ4n) is 4.32. The van der Waals surface area contributed by atoms with Crippen LogP contribution in [-0.2, 0) is 7.05 Å². The molecule has 5 aromatic rings. The number of para-hydroxylation sites is 1. The van der Waals surface area contributed by atoms with Gasteiger partial charge in [0.15, 0.2) is 0 Å². The van der Waals surface area contributed by atoms with Gasteiger partial charge in [-0.2, -0.15) is 0 Å². The monoisotopic (exact) mass is 408 g/mol. The van der Waals surface area contributed by atoms with Gasteiger partial charge >= 0.3 is 0 Å². The molecule has 1 N–H and O–H groups in total. The maximum atomic E-state index is 5.90. The molecular formula is C26H24N4O. The third kappa shape index (κ3) is 3.48. The lowest BCUT2D eigenvalue weighted by molar-refractivity contribution is 0.499. The highest BCUT2D eigenvalue weighted by Gasteiger charge is 2.27. The molecule has 154 valence electrons. The average Bonchev–Trinajstić information content (AvgIpc) is 3.39. The summed E-state index contributed by atoms with van der Waals surface area (Å²) < 4.78 is 8.15. The van der Waals surface area contributed by atoms with Gasteiger partial charge in [-0.25, -0.2) is 9.97 Å². The van der Waals surface area contributed by atoms with Gasteiger partial charge in [0.25, 0.3) is 0 Å². The summed E-state index contributed by atoms with van der Waals surface area (Å²) in [5, 5.41) is 4.73. The summed E-state index contributed by atoms with van der Waals surface area (Å²) in [7, 11) is 2.11. The van der Waals surface area contributed by atoms with Crippen LogP contribution in [0.3, 0.4) is 0 Å². The fourth-order valence-corrected chi connectivity index (χ4v) is 4.32. The summed E-state index contributed by atoms with van der Waals surface area (Å²) >= 11 is 0. The second-order valence-corrected chi connectivity index (χ2v) is 7.77. The Kier molecular flexibility index (Phi) is 4.79. The number of benzene rings is 2. The molecule has 5 nitrogen and oxygen atoms in total. The van der Waals surface area contributed by atoms with Crippen LogP contribution in [0.15, 0.2) is 83.5 Å². The molecule has 0 amide bonds. The zero-order chi connectivity index (χ0) is 21.4. The number of fused-ring (bicyclic) bond motifs is 1. The number of aromatic nitrogens is 3. The second kappa shape index (κ2) is 7.76. The molecule has 2 aromatic carbocycles. The Balaban J connectivity index is 1.77. The molecular weight excluding hydrogens is 384 g/mol. The highest BCUT2D eigenvalue weighted by Crippen LogP contribution is 2.40. The van der Waals surface area contributed by atoms with Crippen molar-refractivity contribution in [2.45, 2.75) is 19.9 Å². The van der Waals surface area contributed by atoms with Crippen LogP contribution in [0.2, 0.25) is 0 Å². The lowest BCUT2D eigenvalue weighted by Crippen LogP contribution is -2.15. The van der Waals surface area contributed by atoms with Crippen molar-refractivity contribution < 1.29 is 4.42 Å². The first-order valence-corrected chi connectivity index (χ1v) is 10.4. The van der Waals surface area contributed by atoms with E-state index in [4.69, 9.17) is 4.42 Å². The van der Waals surface area contributed by atoms with E-state index in [-0.39, 0.29) is 6.04 Å². The third-order valence-corrected chi connectivity index (χ3v) is 5.57. The van der Waals surface area contributed by atoms with Crippen molar-refractivity contribution >= 4 is 16.9 Å². The minimum atomic E-state index is -0.252. The maximum Gasteiger partial charge on any atom is 0.223 e. The van der Waals surface area contributed by atoms with E-state index >= 15 is 0 Å². The van der Waals surface area contributed by atoms with E-state index in [0.717, 1.165) is 39.5 Å². The van der Waals surface area contributed by atoms with E-state index in [1.54, 1.807) is 6.26 Å². The van der Waals surface area contributed by atoms with Crippen LogP contribution in [0.5, 0.6) is 0 Å². The minimum absolute atomic E-state index is 0.252. The lowest BCUT2D eigenvalue weighted by Gasteiger charge is -2.20. The van der Waals surface area contributed by atoms with Gasteiger partial charge < -0.3 is 14.3 Å². The van der Waals surface area contributed by atoms with E-state index in [0.29, 0.717) is 5.95 Å². The molecule has 3 heterocycles. The van der Waals surface area contributed by atoms with Crippen LogP contribution in [0.4, 0.5) is 5.95 Å². The Morgan fingerprint density at radius 2 is 1.58 bits per heavy atom. The van der Waals surface area contributed by atoms with Crippen LogP contribution in [-0.4, -0.2) is 14.5 Å². The minimum Gasteiger partial charge on any atom is -0.467 e. The maximum absolute atomic E-state index is 5.90. The van der Waals surface area contributed by atoms with Crippen molar-refractivity contribution in [3.05, 3.63) is 102 Å². The van der Waals surface area contributed by atoms with E-state index in [1.165, 1.54) is 5.39 Å². The van der Waals surface area contributed by atoms with Crippen LogP contribution >= 0.6 is 0 Å². The molecule has 3 aromatic heterocycles. The van der Waals surface area contributed by atoms with E-state index in [2.05, 4.69) is 75.4 Å². The summed E-state index contributed by atoms with van der Waals surface area (Å²) in [4.78, 5) is 9.26. The fraction of sp³-hybridized carbons (Fsp3) is 0.154. The van der Waals surface area contributed by atoms with Crippen molar-refractivity contribution in [1.29, 1.82) is 0 Å². The summed E-state index contributed by atoms with van der Waals surface area (Å²) in [5.74, 6) is 1.40. The average molecular weight is 409 g/mol. The number of aryl methyl sites for hydroxylation is 3. The number of rotatable bonds is 5. The molecule has 0 radical (unpaired) electrons. The molecule has 0 spiro atoms. The van der Waals surface area contributed by atoms with Gasteiger partial charge in [-0.15, -0.1) is 0 Å². The van der Waals surface area contributed by atoms with Gasteiger partial charge in [0.1, 0.15) is 11.8 Å². The number of anilines is 1. The second-order valence-electron chi connectivity index (χ2n) is 7.77. The van der Waals surface area contributed by atoms with Crippen LogP contribution < -0.4 is 5.32 Å². The summed E-state index contributed by atoms with van der Waals surface area (Å²) in [6.45, 7) is 3.96. The quantitative estimate of drug-likeness (QED) is 0.385. The Bertz CT molecular complexity index is 1320. The third-order valence-electron chi connectivity index (χ3n) is 5.57. The molecule has 0 bridgehead atoms. The van der Waals surface area contributed by atoms with Gasteiger partial charge in [0.2, 0.25) is 5.95 Å². The molecule has 0 unspecified atom stereocenters. The molecule has 0 aliphatic carbocycles. The first-order chi connectivity index (χ1) is 15.1. The molecule has 0 aliphatic heterocycles. The van der Waals surface area contributed by atoms with E-state index < -0.39 is 0 Å². The molecule has 5 heteroatoms. The first-order valence-electron chi connectivity index (χ1n) is 10.4. The number of nitrogens with zero attached hydrogens (tertiary/aromatic N) is 3. The van der Waals surface area contributed by atoms with Crippen LogP contribution in [0.1, 0.15) is 28.8 Å². The molecule has 0 saturated heterocycles.